The molecule has 3 aromatic rings. The Kier molecular flexibility index (Phi) is 4.14. The third-order valence-corrected chi connectivity index (χ3v) is 3.46. The summed E-state index contributed by atoms with van der Waals surface area (Å²) in [7, 11) is 0. The summed E-state index contributed by atoms with van der Waals surface area (Å²) in [5, 5.41) is 4.47. The molecule has 0 aliphatic heterocycles. The van der Waals surface area contributed by atoms with Crippen molar-refractivity contribution in [3.05, 3.63) is 76.6 Å². The van der Waals surface area contributed by atoms with E-state index in [2.05, 4.69) is 17.0 Å². The van der Waals surface area contributed by atoms with Crippen LogP contribution < -0.4 is 5.69 Å². The first-order chi connectivity index (χ1) is 10.8. The Balaban J connectivity index is 2.05. The monoisotopic (exact) mass is 294 g/mol. The number of benzene rings is 1. The summed E-state index contributed by atoms with van der Waals surface area (Å²) >= 11 is 0. The maximum Gasteiger partial charge on any atom is 0.352 e. The molecule has 0 saturated carbocycles. The average Bonchev–Trinajstić information content (AvgIpc) is 2.86. The molecule has 0 aliphatic rings. The fraction of sp³-hybridized carbons (Fsp3) is 0.235. The lowest BCUT2D eigenvalue weighted by Crippen LogP contribution is -2.25. The van der Waals surface area contributed by atoms with Crippen LogP contribution in [0, 0.1) is 0 Å². The van der Waals surface area contributed by atoms with Crippen LogP contribution in [0.4, 0.5) is 0 Å². The molecule has 3 rings (SSSR count). The number of hydrogen-bond acceptors (Lipinski definition) is 3. The van der Waals surface area contributed by atoms with Gasteiger partial charge in [0.05, 0.1) is 6.54 Å². The van der Waals surface area contributed by atoms with Gasteiger partial charge in [-0.3, -0.25) is 4.57 Å². The van der Waals surface area contributed by atoms with Gasteiger partial charge >= 0.3 is 5.69 Å². The van der Waals surface area contributed by atoms with Crippen molar-refractivity contribution in [2.24, 2.45) is 0 Å². The molecule has 5 heteroatoms. The van der Waals surface area contributed by atoms with Gasteiger partial charge in [0.15, 0.2) is 5.82 Å². The van der Waals surface area contributed by atoms with E-state index in [1.54, 1.807) is 16.8 Å². The van der Waals surface area contributed by atoms with E-state index in [1.165, 1.54) is 4.68 Å². The summed E-state index contributed by atoms with van der Waals surface area (Å²) < 4.78 is 3.11. The molecule has 0 spiro atoms. The zero-order chi connectivity index (χ0) is 15.4. The third kappa shape index (κ3) is 2.83. The minimum atomic E-state index is -0.147. The van der Waals surface area contributed by atoms with Gasteiger partial charge in [-0.25, -0.2) is 9.78 Å². The first-order valence-corrected chi connectivity index (χ1v) is 7.43. The predicted molar refractivity (Wildman–Crippen MR) is 85.2 cm³/mol. The highest BCUT2D eigenvalue weighted by molar-refractivity contribution is 5.20. The van der Waals surface area contributed by atoms with Crippen LogP contribution in [0.1, 0.15) is 24.7 Å². The highest BCUT2D eigenvalue weighted by atomic mass is 16.2. The summed E-state index contributed by atoms with van der Waals surface area (Å²) in [6, 6.07) is 15.4. The zero-order valence-electron chi connectivity index (χ0n) is 12.5. The van der Waals surface area contributed by atoms with E-state index in [9.17, 15) is 4.79 Å². The summed E-state index contributed by atoms with van der Waals surface area (Å²) in [5.74, 6) is 1.35. The average molecular weight is 294 g/mol. The summed E-state index contributed by atoms with van der Waals surface area (Å²) in [6.45, 7) is 2.61. The molecule has 1 aromatic carbocycles. The molecule has 0 radical (unpaired) electrons. The predicted octanol–water partition coefficient (Wildman–Crippen LogP) is 2.43. The van der Waals surface area contributed by atoms with Crippen molar-refractivity contribution in [2.45, 2.75) is 26.3 Å². The lowest BCUT2D eigenvalue weighted by atomic mass is 10.2. The lowest BCUT2D eigenvalue weighted by Gasteiger charge is -2.04. The minimum Gasteiger partial charge on any atom is -0.274 e. The molecular weight excluding hydrogens is 276 g/mol. The molecule has 5 nitrogen and oxygen atoms in total. The topological polar surface area (TPSA) is 52.7 Å². The zero-order valence-corrected chi connectivity index (χ0v) is 12.5. The normalized spacial score (nSPS) is 10.8. The van der Waals surface area contributed by atoms with Crippen LogP contribution in [-0.4, -0.2) is 19.3 Å². The van der Waals surface area contributed by atoms with E-state index in [0.717, 1.165) is 24.2 Å². The van der Waals surface area contributed by atoms with Crippen LogP contribution in [0.2, 0.25) is 0 Å². The van der Waals surface area contributed by atoms with E-state index in [4.69, 9.17) is 0 Å². The Bertz CT molecular complexity index is 791. The number of hydrogen-bond donors (Lipinski definition) is 0. The van der Waals surface area contributed by atoms with Crippen LogP contribution in [0.5, 0.6) is 0 Å². The second kappa shape index (κ2) is 6.39. The third-order valence-electron chi connectivity index (χ3n) is 3.46. The van der Waals surface area contributed by atoms with Crippen molar-refractivity contribution < 1.29 is 0 Å². The van der Waals surface area contributed by atoms with Gasteiger partial charge in [0.1, 0.15) is 5.82 Å². The Labute approximate surface area is 128 Å². The van der Waals surface area contributed by atoms with Crippen molar-refractivity contribution >= 4 is 0 Å². The Morgan fingerprint density at radius 3 is 2.50 bits per heavy atom. The number of aromatic nitrogens is 4. The van der Waals surface area contributed by atoms with Crippen LogP contribution in [0.25, 0.3) is 5.82 Å². The Hall–Kier alpha value is -2.69. The Morgan fingerprint density at radius 1 is 1.05 bits per heavy atom. The van der Waals surface area contributed by atoms with E-state index >= 15 is 0 Å². The first-order valence-electron chi connectivity index (χ1n) is 7.43. The molecule has 22 heavy (non-hydrogen) atoms. The molecular formula is C17H18N4O. The first kappa shape index (κ1) is 14.3. The molecule has 0 N–H and O–H groups in total. The second-order valence-electron chi connectivity index (χ2n) is 5.12. The fourth-order valence-electron chi connectivity index (χ4n) is 2.40. The van der Waals surface area contributed by atoms with Crippen LogP contribution >= 0.6 is 0 Å². The van der Waals surface area contributed by atoms with E-state index < -0.39 is 0 Å². The molecule has 2 heterocycles. The molecule has 112 valence electrons. The van der Waals surface area contributed by atoms with Gasteiger partial charge in [0, 0.05) is 12.6 Å². The number of nitrogens with zero attached hydrogens (tertiary/aromatic N) is 4. The van der Waals surface area contributed by atoms with Gasteiger partial charge < -0.3 is 0 Å². The quantitative estimate of drug-likeness (QED) is 0.726. The van der Waals surface area contributed by atoms with Gasteiger partial charge in [0.25, 0.3) is 0 Å². The van der Waals surface area contributed by atoms with Crippen molar-refractivity contribution in [1.29, 1.82) is 0 Å². The van der Waals surface area contributed by atoms with Crippen molar-refractivity contribution in [2.75, 3.05) is 0 Å². The highest BCUT2D eigenvalue weighted by Crippen LogP contribution is 2.07. The SMILES string of the molecule is CCCc1nn(-c2ccccn2)c(=O)n1Cc1ccccc1. The highest BCUT2D eigenvalue weighted by Gasteiger charge is 2.14. The van der Waals surface area contributed by atoms with Crippen molar-refractivity contribution in [3.63, 3.8) is 0 Å². The molecule has 0 fully saturated rings. The molecule has 2 aromatic heterocycles. The largest absolute Gasteiger partial charge is 0.352 e. The van der Waals surface area contributed by atoms with E-state index in [-0.39, 0.29) is 5.69 Å². The molecule has 0 unspecified atom stereocenters. The maximum absolute atomic E-state index is 12.7. The fourth-order valence-corrected chi connectivity index (χ4v) is 2.40. The van der Waals surface area contributed by atoms with Gasteiger partial charge in [-0.05, 0) is 24.1 Å². The molecule has 0 bridgehead atoms. The van der Waals surface area contributed by atoms with Gasteiger partial charge in [-0.1, -0.05) is 43.3 Å². The second-order valence-corrected chi connectivity index (χ2v) is 5.12. The van der Waals surface area contributed by atoms with Crippen LogP contribution in [0.3, 0.4) is 0 Å². The molecule has 0 atom stereocenters. The summed E-state index contributed by atoms with van der Waals surface area (Å²) in [4.78, 5) is 16.9. The van der Waals surface area contributed by atoms with Crippen molar-refractivity contribution in [1.82, 2.24) is 19.3 Å². The lowest BCUT2D eigenvalue weighted by molar-refractivity contribution is 0.686. The van der Waals surface area contributed by atoms with E-state index in [1.807, 2.05) is 42.5 Å². The molecule has 0 saturated heterocycles. The van der Waals surface area contributed by atoms with E-state index in [0.29, 0.717) is 12.4 Å². The maximum atomic E-state index is 12.7. The van der Waals surface area contributed by atoms with Gasteiger partial charge in [-0.15, -0.1) is 5.10 Å². The number of rotatable bonds is 5. The minimum absolute atomic E-state index is 0.147. The summed E-state index contributed by atoms with van der Waals surface area (Å²) in [5.41, 5.74) is 0.938. The molecule has 0 aliphatic carbocycles. The van der Waals surface area contributed by atoms with Crippen LogP contribution in [0.15, 0.2) is 59.5 Å². The smallest absolute Gasteiger partial charge is 0.274 e. The van der Waals surface area contributed by atoms with Gasteiger partial charge in [0.2, 0.25) is 0 Å². The summed E-state index contributed by atoms with van der Waals surface area (Å²) in [6.07, 6.45) is 3.37. The molecule has 0 amide bonds. The standard InChI is InChI=1S/C17H18N4O/c1-2-8-16-19-21(15-11-6-7-12-18-15)17(22)20(16)13-14-9-4-3-5-10-14/h3-7,9-12H,2,8,13H2,1H3. The van der Waals surface area contributed by atoms with Crippen LogP contribution in [-0.2, 0) is 13.0 Å². The number of aryl methyl sites for hydroxylation is 1. The van der Waals surface area contributed by atoms with Crippen molar-refractivity contribution in [3.8, 4) is 5.82 Å². The van der Waals surface area contributed by atoms with Gasteiger partial charge in [-0.2, -0.15) is 4.68 Å². The number of pyridine rings is 1. The Morgan fingerprint density at radius 2 is 1.82 bits per heavy atom.